The molecule has 158 valence electrons. The minimum atomic E-state index is -0.0298. The van der Waals surface area contributed by atoms with E-state index in [1.807, 2.05) is 29.8 Å². The Hall–Kier alpha value is -3.75. The Labute approximate surface area is 180 Å². The first-order chi connectivity index (χ1) is 15.2. The second-order valence-electron chi connectivity index (χ2n) is 7.25. The predicted molar refractivity (Wildman–Crippen MR) is 115 cm³/mol. The van der Waals surface area contributed by atoms with Crippen molar-refractivity contribution in [1.29, 1.82) is 0 Å². The molecule has 0 spiro atoms. The number of carbonyl (C=O) groups is 1. The largest absolute Gasteiger partial charge is 0.291 e. The number of tetrazole rings is 1. The van der Waals surface area contributed by atoms with E-state index in [1.54, 1.807) is 12.4 Å². The zero-order valence-electron chi connectivity index (χ0n) is 17.6. The van der Waals surface area contributed by atoms with Gasteiger partial charge in [0.25, 0.3) is 0 Å². The highest BCUT2D eigenvalue weighted by Gasteiger charge is 2.16. The second-order valence-corrected chi connectivity index (χ2v) is 7.25. The SMILES string of the molecule is CCCCn1nc(C(=O)CC)nc1Cc1ccc(-c2cnccc2-c2nnn[nH]2)cc1. The maximum absolute atomic E-state index is 12.1. The summed E-state index contributed by atoms with van der Waals surface area (Å²) < 4.78 is 1.87. The lowest BCUT2D eigenvalue weighted by Crippen LogP contribution is -2.07. The van der Waals surface area contributed by atoms with E-state index >= 15 is 0 Å². The summed E-state index contributed by atoms with van der Waals surface area (Å²) in [5, 5.41) is 18.6. The Bertz CT molecular complexity index is 1150. The molecule has 0 saturated carbocycles. The van der Waals surface area contributed by atoms with Crippen molar-refractivity contribution < 1.29 is 4.79 Å². The molecule has 0 fully saturated rings. The second kappa shape index (κ2) is 9.38. The third-order valence-electron chi connectivity index (χ3n) is 5.09. The third kappa shape index (κ3) is 4.55. The molecule has 0 saturated heterocycles. The smallest absolute Gasteiger partial charge is 0.217 e. The van der Waals surface area contributed by atoms with Crippen molar-refractivity contribution in [1.82, 2.24) is 40.4 Å². The molecule has 4 rings (SSSR count). The van der Waals surface area contributed by atoms with Crippen LogP contribution in [0.2, 0.25) is 0 Å². The van der Waals surface area contributed by atoms with Crippen LogP contribution in [-0.2, 0) is 13.0 Å². The number of unbranched alkanes of at least 4 members (excludes halogenated alkanes) is 1. The van der Waals surface area contributed by atoms with E-state index in [9.17, 15) is 4.79 Å². The van der Waals surface area contributed by atoms with Crippen molar-refractivity contribution in [2.45, 2.75) is 46.1 Å². The summed E-state index contributed by atoms with van der Waals surface area (Å²) in [7, 11) is 0. The molecule has 3 aromatic heterocycles. The van der Waals surface area contributed by atoms with Crippen LogP contribution < -0.4 is 0 Å². The Morgan fingerprint density at radius 1 is 1.10 bits per heavy atom. The summed E-state index contributed by atoms with van der Waals surface area (Å²) in [5.74, 6) is 1.69. The van der Waals surface area contributed by atoms with Gasteiger partial charge in [-0.3, -0.25) is 9.78 Å². The number of H-pyrrole nitrogens is 1. The zero-order chi connectivity index (χ0) is 21.6. The van der Waals surface area contributed by atoms with Gasteiger partial charge in [-0.05, 0) is 34.0 Å². The number of ketones is 1. The van der Waals surface area contributed by atoms with Gasteiger partial charge in [0.15, 0.2) is 5.82 Å². The molecule has 1 aromatic carbocycles. The fourth-order valence-corrected chi connectivity index (χ4v) is 3.36. The first-order valence-corrected chi connectivity index (χ1v) is 10.4. The van der Waals surface area contributed by atoms with Crippen LogP contribution in [0.25, 0.3) is 22.5 Å². The van der Waals surface area contributed by atoms with E-state index in [2.05, 4.69) is 54.7 Å². The average molecular weight is 416 g/mol. The minimum Gasteiger partial charge on any atom is -0.291 e. The predicted octanol–water partition coefficient (Wildman–Crippen LogP) is 3.50. The molecule has 9 nitrogen and oxygen atoms in total. The average Bonchev–Trinajstić information content (AvgIpc) is 3.48. The first kappa shape index (κ1) is 20.5. The molecule has 0 amide bonds. The molecule has 31 heavy (non-hydrogen) atoms. The van der Waals surface area contributed by atoms with Crippen LogP contribution in [0.15, 0.2) is 42.7 Å². The number of nitrogens with zero attached hydrogens (tertiary/aromatic N) is 7. The molecule has 9 heteroatoms. The molecule has 4 aromatic rings. The summed E-state index contributed by atoms with van der Waals surface area (Å²) in [6.07, 6.45) is 6.58. The molecule has 0 atom stereocenters. The van der Waals surface area contributed by atoms with E-state index in [0.717, 1.165) is 47.5 Å². The summed E-state index contributed by atoms with van der Waals surface area (Å²) in [5.41, 5.74) is 3.93. The maximum atomic E-state index is 12.1. The van der Waals surface area contributed by atoms with Gasteiger partial charge in [-0.2, -0.15) is 0 Å². The van der Waals surface area contributed by atoms with Gasteiger partial charge in [-0.25, -0.2) is 14.8 Å². The molecule has 1 N–H and O–H groups in total. The van der Waals surface area contributed by atoms with Gasteiger partial charge in [-0.1, -0.05) is 44.5 Å². The van der Waals surface area contributed by atoms with Crippen molar-refractivity contribution in [3.05, 3.63) is 59.9 Å². The van der Waals surface area contributed by atoms with Gasteiger partial charge < -0.3 is 0 Å². The summed E-state index contributed by atoms with van der Waals surface area (Å²) in [4.78, 5) is 20.9. The van der Waals surface area contributed by atoms with Crippen LogP contribution in [0.5, 0.6) is 0 Å². The molecular weight excluding hydrogens is 392 g/mol. The number of pyridine rings is 1. The number of hydrogen-bond acceptors (Lipinski definition) is 7. The van der Waals surface area contributed by atoms with Crippen LogP contribution in [-0.4, -0.2) is 46.2 Å². The van der Waals surface area contributed by atoms with Gasteiger partial charge >= 0.3 is 0 Å². The summed E-state index contributed by atoms with van der Waals surface area (Å²) in [6, 6.07) is 10.1. The van der Waals surface area contributed by atoms with Crippen molar-refractivity contribution in [2.75, 3.05) is 0 Å². The molecule has 3 heterocycles. The van der Waals surface area contributed by atoms with E-state index in [1.165, 1.54) is 0 Å². The number of nitrogens with one attached hydrogen (secondary N) is 1. The zero-order valence-corrected chi connectivity index (χ0v) is 17.6. The lowest BCUT2D eigenvalue weighted by Gasteiger charge is -2.08. The highest BCUT2D eigenvalue weighted by atomic mass is 16.1. The number of Topliss-reactive ketones (excluding diaryl/α,β-unsaturated/α-hetero) is 1. The third-order valence-corrected chi connectivity index (χ3v) is 5.09. The van der Waals surface area contributed by atoms with E-state index in [0.29, 0.717) is 24.5 Å². The summed E-state index contributed by atoms with van der Waals surface area (Å²) in [6.45, 7) is 4.72. The number of aryl methyl sites for hydroxylation is 1. The van der Waals surface area contributed by atoms with Crippen molar-refractivity contribution >= 4 is 5.78 Å². The van der Waals surface area contributed by atoms with Crippen molar-refractivity contribution in [3.8, 4) is 22.5 Å². The molecule has 0 aliphatic carbocycles. The van der Waals surface area contributed by atoms with Crippen LogP contribution in [0, 0.1) is 0 Å². The molecule has 0 unspecified atom stereocenters. The highest BCUT2D eigenvalue weighted by molar-refractivity contribution is 5.92. The van der Waals surface area contributed by atoms with Gasteiger partial charge in [0.05, 0.1) is 0 Å². The van der Waals surface area contributed by atoms with Crippen molar-refractivity contribution in [2.24, 2.45) is 0 Å². The standard InChI is InChI=1S/C22H24N8O/c1-3-5-12-30-20(24-22(27-30)19(31)4-2)13-15-6-8-16(9-7-15)18-14-23-11-10-17(18)21-25-28-29-26-21/h6-11,14H,3-5,12-13H2,1-2H3,(H,25,26,28,29). The number of carbonyl (C=O) groups excluding carboxylic acids is 1. The topological polar surface area (TPSA) is 115 Å². The Balaban J connectivity index is 1.59. The molecule has 0 radical (unpaired) electrons. The first-order valence-electron chi connectivity index (χ1n) is 10.4. The molecule has 0 bridgehead atoms. The quantitative estimate of drug-likeness (QED) is 0.415. The fraction of sp³-hybridized carbons (Fsp3) is 0.318. The van der Waals surface area contributed by atoms with Gasteiger partial charge in [0, 0.05) is 42.9 Å². The van der Waals surface area contributed by atoms with Crippen LogP contribution in [0.3, 0.4) is 0 Å². The van der Waals surface area contributed by atoms with E-state index in [-0.39, 0.29) is 5.78 Å². The van der Waals surface area contributed by atoms with Gasteiger partial charge in [-0.15, -0.1) is 10.2 Å². The monoisotopic (exact) mass is 416 g/mol. The normalized spacial score (nSPS) is 11.0. The van der Waals surface area contributed by atoms with Gasteiger partial charge in [0.2, 0.25) is 11.6 Å². The number of benzene rings is 1. The lowest BCUT2D eigenvalue weighted by molar-refractivity contribution is 0.0978. The van der Waals surface area contributed by atoms with Crippen LogP contribution in [0.4, 0.5) is 0 Å². The number of aromatic nitrogens is 8. The fourth-order valence-electron chi connectivity index (χ4n) is 3.36. The number of aromatic amines is 1. The summed E-state index contributed by atoms with van der Waals surface area (Å²) >= 11 is 0. The number of rotatable bonds is 9. The Morgan fingerprint density at radius 3 is 2.65 bits per heavy atom. The van der Waals surface area contributed by atoms with Crippen LogP contribution >= 0.6 is 0 Å². The van der Waals surface area contributed by atoms with E-state index in [4.69, 9.17) is 0 Å². The highest BCUT2D eigenvalue weighted by Crippen LogP contribution is 2.29. The van der Waals surface area contributed by atoms with Gasteiger partial charge in [0.1, 0.15) is 5.82 Å². The minimum absolute atomic E-state index is 0.0298. The van der Waals surface area contributed by atoms with E-state index < -0.39 is 0 Å². The molecular formula is C22H24N8O. The molecule has 0 aliphatic rings. The maximum Gasteiger partial charge on any atom is 0.217 e. The van der Waals surface area contributed by atoms with Crippen LogP contribution in [0.1, 0.15) is 55.1 Å². The Kier molecular flexibility index (Phi) is 6.21. The van der Waals surface area contributed by atoms with Crippen molar-refractivity contribution in [3.63, 3.8) is 0 Å². The Morgan fingerprint density at radius 2 is 1.94 bits per heavy atom. The molecule has 0 aliphatic heterocycles. The number of hydrogen-bond donors (Lipinski definition) is 1. The lowest BCUT2D eigenvalue weighted by atomic mass is 9.99.